The summed E-state index contributed by atoms with van der Waals surface area (Å²) in [6.45, 7) is 0. The minimum absolute atomic E-state index is 1.13. The number of hydrogen-bond acceptors (Lipinski definition) is 2. The van der Waals surface area contributed by atoms with E-state index in [9.17, 15) is 0 Å². The topological polar surface area (TPSA) is 3.24 Å². The largest absolute Gasteiger partial charge is 0.310 e. The minimum atomic E-state index is 1.13. The van der Waals surface area contributed by atoms with Gasteiger partial charge in [-0.25, -0.2) is 0 Å². The lowest BCUT2D eigenvalue weighted by Crippen LogP contribution is -2.10. The molecule has 0 N–H and O–H groups in total. The van der Waals surface area contributed by atoms with Gasteiger partial charge in [0.2, 0.25) is 0 Å². The molecule has 0 saturated carbocycles. The van der Waals surface area contributed by atoms with Gasteiger partial charge in [0, 0.05) is 31.5 Å². The third-order valence-corrected chi connectivity index (χ3v) is 11.4. The van der Waals surface area contributed by atoms with E-state index in [0.717, 1.165) is 11.4 Å². The Balaban J connectivity index is 1.11. The fourth-order valence-electron chi connectivity index (χ4n) is 7.59. The van der Waals surface area contributed by atoms with E-state index in [1.54, 1.807) is 0 Å². The van der Waals surface area contributed by atoms with Crippen LogP contribution in [0.2, 0.25) is 0 Å². The molecule has 2 heteroatoms. The standard InChI is InChI=1S/C50H33NS/c1-3-10-34(11-4-1)36-24-27-44(28-25-36)51(47-15-9-17-49-50(47)46-14-7-8-16-48(46)52-49)45-29-26-38-20-23-41(32-43(38)33-45)40-22-19-37-18-21-39(30-42(37)31-40)35-12-5-2-6-13-35/h1-33H. The molecular formula is C50H33NS. The van der Waals surface area contributed by atoms with Gasteiger partial charge in [-0.05, 0) is 116 Å². The minimum Gasteiger partial charge on any atom is -0.310 e. The Hall–Kier alpha value is -6.48. The molecule has 10 rings (SSSR count). The van der Waals surface area contributed by atoms with Crippen molar-refractivity contribution in [2.45, 2.75) is 0 Å². The Morgan fingerprint density at radius 3 is 1.46 bits per heavy atom. The molecule has 0 fully saturated rings. The van der Waals surface area contributed by atoms with Gasteiger partial charge < -0.3 is 4.90 Å². The van der Waals surface area contributed by atoms with Gasteiger partial charge in [-0.3, -0.25) is 0 Å². The number of rotatable bonds is 6. The number of anilines is 3. The van der Waals surface area contributed by atoms with Gasteiger partial charge in [0.15, 0.2) is 0 Å². The number of thiophene rings is 1. The van der Waals surface area contributed by atoms with E-state index in [4.69, 9.17) is 0 Å². The molecule has 1 aromatic heterocycles. The van der Waals surface area contributed by atoms with E-state index < -0.39 is 0 Å². The summed E-state index contributed by atoms with van der Waals surface area (Å²) >= 11 is 1.86. The monoisotopic (exact) mass is 679 g/mol. The van der Waals surface area contributed by atoms with Crippen molar-refractivity contribution in [3.63, 3.8) is 0 Å². The number of fused-ring (bicyclic) bond motifs is 5. The van der Waals surface area contributed by atoms with Gasteiger partial charge in [-0.2, -0.15) is 0 Å². The Morgan fingerprint density at radius 1 is 0.308 bits per heavy atom. The molecule has 1 nitrogen and oxygen atoms in total. The number of benzene rings is 9. The third kappa shape index (κ3) is 5.42. The maximum absolute atomic E-state index is 2.43. The van der Waals surface area contributed by atoms with Crippen LogP contribution in [0.3, 0.4) is 0 Å². The second kappa shape index (κ2) is 12.7. The molecule has 0 saturated heterocycles. The van der Waals surface area contributed by atoms with Crippen molar-refractivity contribution in [1.29, 1.82) is 0 Å². The van der Waals surface area contributed by atoms with Crippen LogP contribution in [0.15, 0.2) is 200 Å². The average Bonchev–Trinajstić information content (AvgIpc) is 3.61. The summed E-state index contributed by atoms with van der Waals surface area (Å²) < 4.78 is 2.60. The summed E-state index contributed by atoms with van der Waals surface area (Å²) in [5.41, 5.74) is 10.8. The molecule has 0 aliphatic heterocycles. The van der Waals surface area contributed by atoms with E-state index in [2.05, 4.69) is 205 Å². The smallest absolute Gasteiger partial charge is 0.0554 e. The normalized spacial score (nSPS) is 11.5. The van der Waals surface area contributed by atoms with Gasteiger partial charge >= 0.3 is 0 Å². The molecule has 0 atom stereocenters. The number of hydrogen-bond donors (Lipinski definition) is 0. The Bertz CT molecular complexity index is 2890. The highest BCUT2D eigenvalue weighted by Gasteiger charge is 2.19. The highest BCUT2D eigenvalue weighted by Crippen LogP contribution is 2.45. The first kappa shape index (κ1) is 30.4. The van der Waals surface area contributed by atoms with E-state index in [1.807, 2.05) is 11.3 Å². The summed E-state index contributed by atoms with van der Waals surface area (Å²) in [7, 11) is 0. The zero-order valence-electron chi connectivity index (χ0n) is 28.4. The van der Waals surface area contributed by atoms with E-state index in [1.165, 1.54) is 80.8 Å². The Kier molecular flexibility index (Phi) is 7.41. The van der Waals surface area contributed by atoms with Crippen molar-refractivity contribution in [2.24, 2.45) is 0 Å². The summed E-state index contributed by atoms with van der Waals surface area (Å²) in [4.78, 5) is 2.43. The molecule has 0 bridgehead atoms. The van der Waals surface area contributed by atoms with Crippen LogP contribution in [0.25, 0.3) is 75.1 Å². The average molecular weight is 680 g/mol. The molecule has 1 heterocycles. The lowest BCUT2D eigenvalue weighted by atomic mass is 9.96. The fraction of sp³-hybridized carbons (Fsp3) is 0. The first-order chi connectivity index (χ1) is 25.7. The second-order valence-electron chi connectivity index (χ2n) is 13.4. The lowest BCUT2D eigenvalue weighted by molar-refractivity contribution is 1.31. The molecule has 244 valence electrons. The molecule has 0 aliphatic rings. The van der Waals surface area contributed by atoms with Crippen molar-refractivity contribution in [1.82, 2.24) is 0 Å². The molecule has 0 radical (unpaired) electrons. The summed E-state index contributed by atoms with van der Waals surface area (Å²) in [5, 5.41) is 7.50. The number of nitrogens with zero attached hydrogens (tertiary/aromatic N) is 1. The van der Waals surface area contributed by atoms with Gasteiger partial charge in [0.25, 0.3) is 0 Å². The maximum Gasteiger partial charge on any atom is 0.0554 e. The van der Waals surface area contributed by atoms with Gasteiger partial charge in [-0.1, -0.05) is 140 Å². The second-order valence-corrected chi connectivity index (χ2v) is 14.5. The molecule has 10 aromatic rings. The predicted octanol–water partition coefficient (Wildman–Crippen LogP) is 14.8. The van der Waals surface area contributed by atoms with Gasteiger partial charge in [-0.15, -0.1) is 11.3 Å². The lowest BCUT2D eigenvalue weighted by Gasteiger charge is -2.27. The van der Waals surface area contributed by atoms with Crippen molar-refractivity contribution < 1.29 is 0 Å². The maximum atomic E-state index is 2.43. The highest BCUT2D eigenvalue weighted by atomic mass is 32.1. The summed E-state index contributed by atoms with van der Waals surface area (Å²) in [6, 6.07) is 73.0. The molecule has 0 unspecified atom stereocenters. The Morgan fingerprint density at radius 2 is 0.788 bits per heavy atom. The van der Waals surface area contributed by atoms with Gasteiger partial charge in [0.05, 0.1) is 5.69 Å². The van der Waals surface area contributed by atoms with Crippen LogP contribution in [-0.4, -0.2) is 0 Å². The van der Waals surface area contributed by atoms with Crippen LogP contribution in [-0.2, 0) is 0 Å². The van der Waals surface area contributed by atoms with E-state index in [-0.39, 0.29) is 0 Å². The van der Waals surface area contributed by atoms with Crippen molar-refractivity contribution in [3.8, 4) is 33.4 Å². The quantitative estimate of drug-likeness (QED) is 0.169. The van der Waals surface area contributed by atoms with E-state index in [0.29, 0.717) is 0 Å². The first-order valence-electron chi connectivity index (χ1n) is 17.7. The van der Waals surface area contributed by atoms with Crippen LogP contribution < -0.4 is 4.90 Å². The fourth-order valence-corrected chi connectivity index (χ4v) is 8.72. The molecule has 52 heavy (non-hydrogen) atoms. The third-order valence-electron chi connectivity index (χ3n) is 10.2. The van der Waals surface area contributed by atoms with Gasteiger partial charge in [0.1, 0.15) is 0 Å². The molecule has 0 amide bonds. The van der Waals surface area contributed by atoms with Crippen LogP contribution in [0.1, 0.15) is 0 Å². The van der Waals surface area contributed by atoms with Crippen LogP contribution in [0.5, 0.6) is 0 Å². The first-order valence-corrected chi connectivity index (χ1v) is 18.6. The molecular weight excluding hydrogens is 647 g/mol. The van der Waals surface area contributed by atoms with Crippen molar-refractivity contribution in [2.75, 3.05) is 4.90 Å². The predicted molar refractivity (Wildman–Crippen MR) is 225 cm³/mol. The summed E-state index contributed by atoms with van der Waals surface area (Å²) in [6.07, 6.45) is 0. The van der Waals surface area contributed by atoms with E-state index >= 15 is 0 Å². The van der Waals surface area contributed by atoms with Crippen molar-refractivity contribution in [3.05, 3.63) is 200 Å². The summed E-state index contributed by atoms with van der Waals surface area (Å²) in [5.74, 6) is 0. The SMILES string of the molecule is c1ccc(-c2ccc(N(c3ccc4ccc(-c5ccc6ccc(-c7ccccc7)cc6c5)cc4c3)c3cccc4sc5ccccc5c34)cc2)cc1. The molecule has 9 aromatic carbocycles. The zero-order valence-corrected chi connectivity index (χ0v) is 29.2. The Labute approximate surface area is 307 Å². The van der Waals surface area contributed by atoms with Crippen LogP contribution in [0.4, 0.5) is 17.1 Å². The van der Waals surface area contributed by atoms with Crippen molar-refractivity contribution >= 4 is 70.1 Å². The molecule has 0 spiro atoms. The zero-order chi connectivity index (χ0) is 34.4. The molecule has 0 aliphatic carbocycles. The van der Waals surface area contributed by atoms with Crippen LogP contribution in [0, 0.1) is 0 Å². The highest BCUT2D eigenvalue weighted by molar-refractivity contribution is 7.26. The van der Waals surface area contributed by atoms with Crippen LogP contribution >= 0.6 is 11.3 Å².